The lowest BCUT2D eigenvalue weighted by Crippen LogP contribution is -1.90. The Hall–Kier alpha value is -1.66. The smallest absolute Gasteiger partial charge is 0.152 e. The second kappa shape index (κ2) is 5.07. The molecule has 0 aliphatic rings. The van der Waals surface area contributed by atoms with Crippen LogP contribution in [0, 0.1) is 11.8 Å². The number of aromatic nitrogens is 1. The molecule has 0 aromatic carbocycles. The van der Waals surface area contributed by atoms with Crippen LogP contribution in [-0.2, 0) is 0 Å². The maximum atomic E-state index is 10.5. The zero-order chi connectivity index (χ0) is 9.52. The van der Waals surface area contributed by atoms with Gasteiger partial charge in [-0.15, -0.1) is 0 Å². The van der Waals surface area contributed by atoms with E-state index in [1.54, 1.807) is 18.3 Å². The summed E-state index contributed by atoms with van der Waals surface area (Å²) in [6.45, 7) is 0.0241. The van der Waals surface area contributed by atoms with Gasteiger partial charge in [0.1, 0.15) is 5.69 Å². The van der Waals surface area contributed by atoms with Crippen LogP contribution in [0.25, 0.3) is 0 Å². The van der Waals surface area contributed by atoms with Gasteiger partial charge < -0.3 is 5.11 Å². The van der Waals surface area contributed by atoms with E-state index in [0.717, 1.165) is 6.29 Å². The van der Waals surface area contributed by atoms with Gasteiger partial charge in [-0.3, -0.25) is 4.79 Å². The normalized spacial score (nSPS) is 8.69. The van der Waals surface area contributed by atoms with E-state index in [2.05, 4.69) is 16.8 Å². The van der Waals surface area contributed by atoms with Gasteiger partial charge in [-0.25, -0.2) is 4.98 Å². The number of aldehydes is 1. The van der Waals surface area contributed by atoms with E-state index in [1.807, 2.05) is 0 Å². The van der Waals surface area contributed by atoms with Crippen molar-refractivity contribution in [2.45, 2.75) is 6.42 Å². The molecular weight excluding hydrogens is 166 g/mol. The molecule has 0 bridgehead atoms. The van der Waals surface area contributed by atoms with Crippen molar-refractivity contribution in [3.05, 3.63) is 29.6 Å². The van der Waals surface area contributed by atoms with Gasteiger partial charge in [0.15, 0.2) is 6.29 Å². The second-order valence-corrected chi connectivity index (χ2v) is 2.33. The molecule has 1 aromatic rings. The summed E-state index contributed by atoms with van der Waals surface area (Å²) >= 11 is 0. The van der Waals surface area contributed by atoms with Crippen LogP contribution in [0.1, 0.15) is 22.5 Å². The highest BCUT2D eigenvalue weighted by atomic mass is 16.2. The summed E-state index contributed by atoms with van der Waals surface area (Å²) in [5.41, 5.74) is 0.943. The summed E-state index contributed by atoms with van der Waals surface area (Å²) in [7, 11) is 0. The number of aliphatic hydroxyl groups is 1. The molecule has 0 spiro atoms. The van der Waals surface area contributed by atoms with Crippen molar-refractivity contribution in [2.75, 3.05) is 6.61 Å². The first-order valence-electron chi connectivity index (χ1n) is 3.88. The van der Waals surface area contributed by atoms with Gasteiger partial charge in [0.05, 0.1) is 6.61 Å². The number of carbonyl (C=O) groups is 1. The SMILES string of the molecule is O=Cc1cccnc1C#CCCO. The third-order valence-electron chi connectivity index (χ3n) is 1.41. The Labute approximate surface area is 76.4 Å². The number of aliphatic hydroxyl groups excluding tert-OH is 1. The highest BCUT2D eigenvalue weighted by Gasteiger charge is 1.96. The van der Waals surface area contributed by atoms with Crippen molar-refractivity contribution in [1.82, 2.24) is 4.98 Å². The van der Waals surface area contributed by atoms with E-state index in [-0.39, 0.29) is 6.61 Å². The lowest BCUT2D eigenvalue weighted by atomic mass is 10.2. The van der Waals surface area contributed by atoms with Gasteiger partial charge in [-0.05, 0) is 18.1 Å². The molecule has 0 saturated heterocycles. The van der Waals surface area contributed by atoms with Crippen LogP contribution in [0.2, 0.25) is 0 Å². The van der Waals surface area contributed by atoms with Gasteiger partial charge in [0.25, 0.3) is 0 Å². The Morgan fingerprint density at radius 2 is 2.46 bits per heavy atom. The Kier molecular flexibility index (Phi) is 3.68. The number of pyridine rings is 1. The van der Waals surface area contributed by atoms with Crippen molar-refractivity contribution in [1.29, 1.82) is 0 Å². The molecular formula is C10H9NO2. The number of hydrogen-bond donors (Lipinski definition) is 1. The molecule has 1 N–H and O–H groups in total. The van der Waals surface area contributed by atoms with Crippen molar-refractivity contribution in [3.63, 3.8) is 0 Å². The van der Waals surface area contributed by atoms with E-state index in [9.17, 15) is 4.79 Å². The molecule has 1 heterocycles. The fourth-order valence-corrected chi connectivity index (χ4v) is 0.819. The molecule has 1 rings (SSSR count). The third kappa shape index (κ3) is 2.69. The first-order valence-corrected chi connectivity index (χ1v) is 3.88. The summed E-state index contributed by atoms with van der Waals surface area (Å²) in [5.74, 6) is 5.42. The van der Waals surface area contributed by atoms with E-state index in [1.165, 1.54) is 0 Å². The molecule has 66 valence electrons. The van der Waals surface area contributed by atoms with Crippen LogP contribution >= 0.6 is 0 Å². The van der Waals surface area contributed by atoms with Crippen molar-refractivity contribution >= 4 is 6.29 Å². The number of nitrogens with zero attached hydrogens (tertiary/aromatic N) is 1. The Bertz CT molecular complexity index is 349. The van der Waals surface area contributed by atoms with Crippen molar-refractivity contribution < 1.29 is 9.90 Å². The van der Waals surface area contributed by atoms with Crippen LogP contribution in [-0.4, -0.2) is 23.0 Å². The minimum absolute atomic E-state index is 0.0241. The largest absolute Gasteiger partial charge is 0.395 e. The van der Waals surface area contributed by atoms with Gasteiger partial charge in [0, 0.05) is 18.2 Å². The topological polar surface area (TPSA) is 50.2 Å². The van der Waals surface area contributed by atoms with E-state index >= 15 is 0 Å². The summed E-state index contributed by atoms with van der Waals surface area (Å²) in [5, 5.41) is 8.48. The highest BCUT2D eigenvalue weighted by Crippen LogP contribution is 1.99. The Morgan fingerprint density at radius 1 is 1.62 bits per heavy atom. The zero-order valence-electron chi connectivity index (χ0n) is 7.03. The summed E-state index contributed by atoms with van der Waals surface area (Å²) in [4.78, 5) is 14.4. The second-order valence-electron chi connectivity index (χ2n) is 2.33. The average molecular weight is 175 g/mol. The van der Waals surface area contributed by atoms with Gasteiger partial charge in [-0.2, -0.15) is 0 Å². The molecule has 0 aliphatic heterocycles. The molecule has 0 aliphatic carbocycles. The fraction of sp³-hybridized carbons (Fsp3) is 0.200. The molecule has 0 fully saturated rings. The summed E-state index contributed by atoms with van der Waals surface area (Å²) < 4.78 is 0. The average Bonchev–Trinajstić information content (AvgIpc) is 2.19. The maximum Gasteiger partial charge on any atom is 0.152 e. The van der Waals surface area contributed by atoms with Crippen LogP contribution in [0.4, 0.5) is 0 Å². The monoisotopic (exact) mass is 175 g/mol. The molecule has 1 aromatic heterocycles. The zero-order valence-corrected chi connectivity index (χ0v) is 7.03. The molecule has 0 saturated carbocycles. The van der Waals surface area contributed by atoms with Crippen molar-refractivity contribution in [2.24, 2.45) is 0 Å². The molecule has 3 heteroatoms. The number of hydrogen-bond acceptors (Lipinski definition) is 3. The predicted molar refractivity (Wildman–Crippen MR) is 48.2 cm³/mol. The van der Waals surface area contributed by atoms with E-state index in [0.29, 0.717) is 17.7 Å². The van der Waals surface area contributed by atoms with Gasteiger partial charge >= 0.3 is 0 Å². The summed E-state index contributed by atoms with van der Waals surface area (Å²) in [6, 6.07) is 3.34. The molecule has 0 atom stereocenters. The molecule has 13 heavy (non-hydrogen) atoms. The fourth-order valence-electron chi connectivity index (χ4n) is 0.819. The minimum atomic E-state index is 0.0241. The van der Waals surface area contributed by atoms with E-state index < -0.39 is 0 Å². The van der Waals surface area contributed by atoms with E-state index in [4.69, 9.17) is 5.11 Å². The number of rotatable bonds is 2. The van der Waals surface area contributed by atoms with Crippen LogP contribution in [0.3, 0.4) is 0 Å². The van der Waals surface area contributed by atoms with Crippen LogP contribution < -0.4 is 0 Å². The third-order valence-corrected chi connectivity index (χ3v) is 1.41. The maximum absolute atomic E-state index is 10.5. The Balaban J connectivity index is 2.88. The Morgan fingerprint density at radius 3 is 3.15 bits per heavy atom. The highest BCUT2D eigenvalue weighted by molar-refractivity contribution is 5.78. The van der Waals surface area contributed by atoms with Crippen molar-refractivity contribution in [3.8, 4) is 11.8 Å². The first kappa shape index (κ1) is 9.43. The quantitative estimate of drug-likeness (QED) is 0.529. The molecule has 0 amide bonds. The number of carbonyl (C=O) groups excluding carboxylic acids is 1. The first-order chi connectivity index (χ1) is 6.38. The lowest BCUT2D eigenvalue weighted by molar-refractivity contribution is 0.112. The molecule has 3 nitrogen and oxygen atoms in total. The summed E-state index contributed by atoms with van der Waals surface area (Å²) in [6.07, 6.45) is 2.70. The van der Waals surface area contributed by atoms with Gasteiger partial charge in [0.2, 0.25) is 0 Å². The molecule has 0 unspecified atom stereocenters. The molecule has 0 radical (unpaired) electrons. The van der Waals surface area contributed by atoms with Crippen LogP contribution in [0.15, 0.2) is 18.3 Å². The van der Waals surface area contributed by atoms with Gasteiger partial charge in [-0.1, -0.05) is 5.92 Å². The lowest BCUT2D eigenvalue weighted by Gasteiger charge is -1.92. The predicted octanol–water partition coefficient (Wildman–Crippen LogP) is 0.628. The van der Waals surface area contributed by atoms with Crippen LogP contribution in [0.5, 0.6) is 0 Å². The standard InChI is InChI=1S/C10H9NO2/c12-7-2-1-5-10-9(8-13)4-3-6-11-10/h3-4,6,8,12H,2,7H2. The minimum Gasteiger partial charge on any atom is -0.395 e.